The Morgan fingerprint density at radius 2 is 1.97 bits per heavy atom. The van der Waals surface area contributed by atoms with Crippen LogP contribution in [0.4, 0.5) is 23.8 Å². The van der Waals surface area contributed by atoms with Crippen LogP contribution in [0.5, 0.6) is 0 Å². The fourth-order valence-corrected chi connectivity index (χ4v) is 5.95. The fraction of sp³-hybridized carbons (Fsp3) is 0.565. The van der Waals surface area contributed by atoms with Crippen LogP contribution in [-0.2, 0) is 17.7 Å². The van der Waals surface area contributed by atoms with E-state index in [4.69, 9.17) is 4.74 Å². The third-order valence-electron chi connectivity index (χ3n) is 6.21. The zero-order valence-electron chi connectivity index (χ0n) is 19.8. The van der Waals surface area contributed by atoms with Crippen molar-refractivity contribution in [1.29, 1.82) is 0 Å². The molecular weight excluding hydrogens is 481 g/mol. The zero-order chi connectivity index (χ0) is 25.0. The van der Waals surface area contributed by atoms with Gasteiger partial charge in [0.1, 0.15) is 22.6 Å². The van der Waals surface area contributed by atoms with E-state index in [0.29, 0.717) is 22.6 Å². The van der Waals surface area contributed by atoms with Gasteiger partial charge in [-0.25, -0.2) is 14.8 Å². The molecule has 0 amide bonds. The lowest BCUT2D eigenvalue weighted by Gasteiger charge is -2.48. The van der Waals surface area contributed by atoms with Gasteiger partial charge in [0.25, 0.3) is 0 Å². The molecule has 0 aliphatic carbocycles. The Labute approximate surface area is 204 Å². The van der Waals surface area contributed by atoms with E-state index in [1.54, 1.807) is 18.5 Å². The van der Waals surface area contributed by atoms with Crippen molar-refractivity contribution >= 4 is 33.5 Å². The Bertz CT molecular complexity index is 1240. The monoisotopic (exact) mass is 508 g/mol. The summed E-state index contributed by atoms with van der Waals surface area (Å²) < 4.78 is 45.1. The number of anilines is 1. The summed E-state index contributed by atoms with van der Waals surface area (Å²) in [5, 5.41) is 4.82. The van der Waals surface area contributed by atoms with Gasteiger partial charge in [0.2, 0.25) is 0 Å². The third-order valence-corrected chi connectivity index (χ3v) is 7.26. The number of hydrogen-bond acceptors (Lipinski definition) is 8. The highest BCUT2D eigenvalue weighted by atomic mass is 32.1. The van der Waals surface area contributed by atoms with Crippen LogP contribution in [0.3, 0.4) is 0 Å². The lowest BCUT2D eigenvalue weighted by Crippen LogP contribution is -2.56. The van der Waals surface area contributed by atoms with Crippen LogP contribution >= 0.6 is 11.3 Å². The Balaban J connectivity index is 1.20. The molecule has 3 aromatic rings. The maximum atomic E-state index is 12.9. The van der Waals surface area contributed by atoms with Crippen molar-refractivity contribution in [2.45, 2.75) is 51.9 Å². The summed E-state index contributed by atoms with van der Waals surface area (Å²) in [7, 11) is 0. The number of thiophene rings is 1. The molecular formula is C23H27F3N6O2S. The van der Waals surface area contributed by atoms with Crippen LogP contribution in [-0.4, -0.2) is 68.7 Å². The van der Waals surface area contributed by atoms with Gasteiger partial charge >= 0.3 is 12.3 Å². The first-order chi connectivity index (χ1) is 16.4. The minimum Gasteiger partial charge on any atom is -0.442 e. The van der Waals surface area contributed by atoms with Crippen molar-refractivity contribution in [1.82, 2.24) is 24.6 Å². The van der Waals surface area contributed by atoms with Crippen LogP contribution in [0.1, 0.15) is 37.6 Å². The van der Waals surface area contributed by atoms with E-state index in [0.717, 1.165) is 49.5 Å². The number of nitrogens with zero attached hydrogens (tertiary/aromatic N) is 6. The molecule has 3 aromatic heterocycles. The number of rotatable bonds is 4. The van der Waals surface area contributed by atoms with E-state index in [1.807, 2.05) is 20.8 Å². The molecule has 0 radical (unpaired) electrons. The van der Waals surface area contributed by atoms with E-state index >= 15 is 0 Å². The Morgan fingerprint density at radius 1 is 1.20 bits per heavy atom. The number of alkyl halides is 3. The van der Waals surface area contributed by atoms with Crippen LogP contribution in [0.2, 0.25) is 0 Å². The molecule has 5 heterocycles. The average molecular weight is 509 g/mol. The summed E-state index contributed by atoms with van der Waals surface area (Å²) in [5.41, 5.74) is 0.483. The summed E-state index contributed by atoms with van der Waals surface area (Å²) in [6.07, 6.45) is 0.118. The average Bonchev–Trinajstić information content (AvgIpc) is 3.42. The lowest BCUT2D eigenvalue weighted by atomic mass is 9.79. The molecule has 0 bridgehead atoms. The lowest BCUT2D eigenvalue weighted by molar-refractivity contribution is -0.126. The van der Waals surface area contributed by atoms with Gasteiger partial charge in [-0.15, -0.1) is 11.3 Å². The molecule has 1 spiro atoms. The van der Waals surface area contributed by atoms with Crippen LogP contribution in [0.15, 0.2) is 24.8 Å². The number of hydrogen-bond donors (Lipinski definition) is 0. The Morgan fingerprint density at radius 3 is 2.69 bits per heavy atom. The van der Waals surface area contributed by atoms with Gasteiger partial charge < -0.3 is 9.64 Å². The number of carbonyl (C=O) groups excluding carboxylic acids is 1. The fourth-order valence-electron chi connectivity index (χ4n) is 4.93. The molecule has 0 atom stereocenters. The summed E-state index contributed by atoms with van der Waals surface area (Å²) in [5.74, 6) is 0.716. The molecule has 2 saturated heterocycles. The van der Waals surface area contributed by atoms with E-state index in [-0.39, 0.29) is 10.3 Å². The summed E-state index contributed by atoms with van der Waals surface area (Å²) in [4.78, 5) is 26.1. The number of halogens is 3. The molecule has 2 fully saturated rings. The molecule has 2 aliphatic heterocycles. The molecule has 2 aliphatic rings. The Hall–Kier alpha value is -2.73. The van der Waals surface area contributed by atoms with Crippen molar-refractivity contribution in [3.63, 3.8) is 0 Å². The quantitative estimate of drug-likeness (QED) is 0.514. The molecule has 35 heavy (non-hydrogen) atoms. The first-order valence-electron chi connectivity index (χ1n) is 11.4. The maximum absolute atomic E-state index is 12.9. The third kappa shape index (κ3) is 5.27. The molecule has 5 rings (SSSR count). The van der Waals surface area contributed by atoms with E-state index < -0.39 is 24.3 Å². The molecule has 8 nitrogen and oxygen atoms in total. The molecule has 188 valence electrons. The second-order valence-electron chi connectivity index (χ2n) is 10.5. The highest BCUT2D eigenvalue weighted by Gasteiger charge is 2.48. The molecule has 0 saturated carbocycles. The number of carbonyl (C=O) groups is 1. The molecule has 0 unspecified atom stereocenters. The highest BCUT2D eigenvalue weighted by molar-refractivity contribution is 7.18. The molecule has 12 heteroatoms. The second kappa shape index (κ2) is 8.44. The first-order valence-corrected chi connectivity index (χ1v) is 12.2. The van der Waals surface area contributed by atoms with Crippen molar-refractivity contribution in [3.8, 4) is 0 Å². The van der Waals surface area contributed by atoms with E-state index in [1.165, 1.54) is 11.0 Å². The number of aromatic nitrogens is 4. The zero-order valence-corrected chi connectivity index (χ0v) is 20.6. The summed E-state index contributed by atoms with van der Waals surface area (Å²) in [6.45, 7) is 9.53. The van der Waals surface area contributed by atoms with Gasteiger partial charge in [0, 0.05) is 54.8 Å². The van der Waals surface area contributed by atoms with E-state index in [9.17, 15) is 18.0 Å². The molecule has 0 N–H and O–H groups in total. The summed E-state index contributed by atoms with van der Waals surface area (Å²) in [6, 6.07) is 1.59. The number of fused-ring (bicyclic) bond motifs is 1. The normalized spacial score (nSPS) is 18.4. The van der Waals surface area contributed by atoms with Crippen LogP contribution < -0.4 is 4.90 Å². The van der Waals surface area contributed by atoms with Gasteiger partial charge in [-0.05, 0) is 33.3 Å². The standard InChI is InChI=1S/C23H27F3N6O2S/c1-21(2,3)34-20(33)32-10-15(8-29-32)9-30-11-22(12-30)4-5-31(13-22)18-17-6-16(7-23(24,25)26)35-19(17)28-14-27-18/h6,8,10,14H,4-5,7,9,11-13H2,1-3H3. The minimum absolute atomic E-state index is 0.128. The van der Waals surface area contributed by atoms with Crippen LogP contribution in [0, 0.1) is 5.41 Å². The second-order valence-corrected chi connectivity index (χ2v) is 11.6. The van der Waals surface area contributed by atoms with Gasteiger partial charge in [-0.1, -0.05) is 0 Å². The van der Waals surface area contributed by atoms with Crippen LogP contribution in [0.25, 0.3) is 10.2 Å². The van der Waals surface area contributed by atoms with Crippen molar-refractivity contribution in [2.75, 3.05) is 31.1 Å². The van der Waals surface area contributed by atoms with Gasteiger partial charge in [-0.3, -0.25) is 4.90 Å². The Kier molecular flexibility index (Phi) is 5.78. The number of likely N-dealkylation sites (tertiary alicyclic amines) is 1. The smallest absolute Gasteiger partial charge is 0.435 e. The predicted octanol–water partition coefficient (Wildman–Crippen LogP) is 4.49. The maximum Gasteiger partial charge on any atom is 0.435 e. The van der Waals surface area contributed by atoms with Crippen molar-refractivity contribution in [3.05, 3.63) is 35.2 Å². The van der Waals surface area contributed by atoms with Gasteiger partial charge in [-0.2, -0.15) is 23.0 Å². The van der Waals surface area contributed by atoms with E-state index in [2.05, 4.69) is 24.9 Å². The highest BCUT2D eigenvalue weighted by Crippen LogP contribution is 2.43. The van der Waals surface area contributed by atoms with Gasteiger partial charge in [0.05, 0.1) is 18.0 Å². The molecule has 0 aromatic carbocycles. The SMILES string of the molecule is CC(C)(C)OC(=O)n1cc(CN2CC3(CCN(c4ncnc5sc(CC(F)(F)F)cc45)C3)C2)cn1. The first kappa shape index (κ1) is 24.0. The minimum atomic E-state index is -4.25. The predicted molar refractivity (Wildman–Crippen MR) is 126 cm³/mol. The van der Waals surface area contributed by atoms with Gasteiger partial charge in [0.15, 0.2) is 0 Å². The topological polar surface area (TPSA) is 76.4 Å². The number of ether oxygens (including phenoxy) is 1. The van der Waals surface area contributed by atoms with Crippen molar-refractivity contribution < 1.29 is 22.7 Å². The largest absolute Gasteiger partial charge is 0.442 e. The van der Waals surface area contributed by atoms with Crippen molar-refractivity contribution in [2.24, 2.45) is 5.41 Å². The summed E-state index contributed by atoms with van der Waals surface area (Å²) >= 11 is 1.08.